The van der Waals surface area contributed by atoms with Gasteiger partial charge < -0.3 is 13.9 Å². The molecule has 0 amide bonds. The smallest absolute Gasteiger partial charge is 0.355 e. The molecule has 1 saturated carbocycles. The number of carbonyl (C=O) groups is 1. The zero-order chi connectivity index (χ0) is 19.7. The third-order valence-corrected chi connectivity index (χ3v) is 5.58. The highest BCUT2D eigenvalue weighted by atomic mass is 19.1. The molecule has 1 aromatic carbocycles. The molecule has 4 rings (SSSR count). The first kappa shape index (κ1) is 18.8. The minimum Gasteiger partial charge on any atom is -0.458 e. The zero-order valence-corrected chi connectivity index (χ0v) is 16.5. The van der Waals surface area contributed by atoms with Gasteiger partial charge in [-0.2, -0.15) is 0 Å². The van der Waals surface area contributed by atoms with E-state index in [0.717, 1.165) is 23.3 Å². The molecule has 1 aliphatic rings. The molecular formula is C23H27FN2O2. The van der Waals surface area contributed by atoms with Crippen molar-refractivity contribution in [1.29, 1.82) is 0 Å². The molecule has 5 heteroatoms. The number of aromatic nitrogens is 2. The quantitative estimate of drug-likeness (QED) is 0.529. The predicted molar refractivity (Wildman–Crippen MR) is 108 cm³/mol. The Bertz CT molecular complexity index is 963. The summed E-state index contributed by atoms with van der Waals surface area (Å²) in [5.74, 6) is 0.0417. The van der Waals surface area contributed by atoms with E-state index in [-0.39, 0.29) is 17.9 Å². The lowest BCUT2D eigenvalue weighted by Gasteiger charge is -2.23. The van der Waals surface area contributed by atoms with E-state index in [0.29, 0.717) is 11.6 Å². The van der Waals surface area contributed by atoms with Crippen molar-refractivity contribution in [2.75, 3.05) is 0 Å². The molecule has 0 spiro atoms. The number of ether oxygens (including phenoxy) is 1. The highest BCUT2D eigenvalue weighted by molar-refractivity contribution is 5.95. The lowest BCUT2D eigenvalue weighted by Crippen LogP contribution is -2.20. The normalized spacial score (nSPS) is 15.4. The maximum Gasteiger partial charge on any atom is 0.355 e. The van der Waals surface area contributed by atoms with Crippen LogP contribution in [0, 0.1) is 11.7 Å². The van der Waals surface area contributed by atoms with Gasteiger partial charge in [-0.15, -0.1) is 0 Å². The van der Waals surface area contributed by atoms with Crippen LogP contribution in [0.3, 0.4) is 0 Å². The van der Waals surface area contributed by atoms with Gasteiger partial charge in [0.1, 0.15) is 11.5 Å². The number of rotatable bonds is 5. The Morgan fingerprint density at radius 2 is 1.82 bits per heavy atom. The Hall–Kier alpha value is -2.56. The van der Waals surface area contributed by atoms with E-state index in [4.69, 9.17) is 4.74 Å². The van der Waals surface area contributed by atoms with Crippen LogP contribution >= 0.6 is 0 Å². The molecule has 0 atom stereocenters. The summed E-state index contributed by atoms with van der Waals surface area (Å²) < 4.78 is 23.0. The highest BCUT2D eigenvalue weighted by Gasteiger charge is 2.23. The van der Waals surface area contributed by atoms with Gasteiger partial charge in [0.2, 0.25) is 0 Å². The third-order valence-electron chi connectivity index (χ3n) is 5.58. The summed E-state index contributed by atoms with van der Waals surface area (Å²) in [5.41, 5.74) is 3.43. The van der Waals surface area contributed by atoms with Crippen molar-refractivity contribution in [3.63, 3.8) is 0 Å². The van der Waals surface area contributed by atoms with Crippen molar-refractivity contribution >= 4 is 17.0 Å². The van der Waals surface area contributed by atoms with Gasteiger partial charge in [0.05, 0.1) is 17.1 Å². The number of esters is 1. The summed E-state index contributed by atoms with van der Waals surface area (Å²) >= 11 is 0. The molecule has 0 radical (unpaired) electrons. The van der Waals surface area contributed by atoms with Crippen molar-refractivity contribution in [2.24, 2.45) is 5.92 Å². The predicted octanol–water partition coefficient (Wildman–Crippen LogP) is 5.72. The molecular weight excluding hydrogens is 355 g/mol. The van der Waals surface area contributed by atoms with Crippen molar-refractivity contribution in [3.05, 3.63) is 54.1 Å². The molecule has 0 unspecified atom stereocenters. The van der Waals surface area contributed by atoms with Crippen LogP contribution in [-0.4, -0.2) is 21.2 Å². The van der Waals surface area contributed by atoms with Crippen LogP contribution in [0.5, 0.6) is 0 Å². The molecule has 4 nitrogen and oxygen atoms in total. The average Bonchev–Trinajstić information content (AvgIpc) is 3.23. The van der Waals surface area contributed by atoms with Crippen molar-refractivity contribution in [2.45, 2.75) is 58.6 Å². The third kappa shape index (κ3) is 3.71. The van der Waals surface area contributed by atoms with Crippen LogP contribution in [-0.2, 0) is 11.3 Å². The Labute approximate surface area is 164 Å². The molecule has 1 fully saturated rings. The lowest BCUT2D eigenvalue weighted by atomic mass is 9.89. The number of benzene rings is 1. The molecule has 0 aliphatic heterocycles. The molecule has 2 aromatic heterocycles. The number of hydrogen-bond acceptors (Lipinski definition) is 2. The molecule has 0 N–H and O–H groups in total. The largest absolute Gasteiger partial charge is 0.458 e. The van der Waals surface area contributed by atoms with Crippen LogP contribution < -0.4 is 0 Å². The monoisotopic (exact) mass is 382 g/mol. The SMILES string of the molecule is CC(C)OC(=O)c1cc2c(ccn2-c2ccc(F)cc2)n1CC1CCCCC1. The first-order valence-electron chi connectivity index (χ1n) is 10.2. The van der Waals surface area contributed by atoms with E-state index < -0.39 is 0 Å². The van der Waals surface area contributed by atoms with E-state index in [1.165, 1.54) is 44.2 Å². The summed E-state index contributed by atoms with van der Waals surface area (Å²) in [6.45, 7) is 4.56. The highest BCUT2D eigenvalue weighted by Crippen LogP contribution is 2.30. The minimum atomic E-state index is -0.285. The Kier molecular flexibility index (Phi) is 5.25. The fraction of sp³-hybridized carbons (Fsp3) is 0.435. The van der Waals surface area contributed by atoms with Gasteiger partial charge in [-0.05, 0) is 69.0 Å². The Morgan fingerprint density at radius 3 is 2.50 bits per heavy atom. The van der Waals surface area contributed by atoms with Crippen LogP contribution in [0.2, 0.25) is 0 Å². The molecule has 148 valence electrons. The van der Waals surface area contributed by atoms with Gasteiger partial charge in [0, 0.05) is 18.4 Å². The molecule has 0 saturated heterocycles. The fourth-order valence-corrected chi connectivity index (χ4v) is 4.24. The minimum absolute atomic E-state index is 0.163. The van der Waals surface area contributed by atoms with E-state index in [1.54, 1.807) is 12.1 Å². The van der Waals surface area contributed by atoms with Crippen molar-refractivity contribution < 1.29 is 13.9 Å². The molecule has 28 heavy (non-hydrogen) atoms. The number of nitrogens with zero attached hydrogens (tertiary/aromatic N) is 2. The maximum absolute atomic E-state index is 13.3. The van der Waals surface area contributed by atoms with Crippen LogP contribution in [0.1, 0.15) is 56.4 Å². The lowest BCUT2D eigenvalue weighted by molar-refractivity contribution is 0.0364. The zero-order valence-electron chi connectivity index (χ0n) is 16.5. The topological polar surface area (TPSA) is 36.2 Å². The first-order chi connectivity index (χ1) is 13.5. The second-order valence-electron chi connectivity index (χ2n) is 8.03. The van der Waals surface area contributed by atoms with Gasteiger partial charge in [0.15, 0.2) is 0 Å². The summed E-state index contributed by atoms with van der Waals surface area (Å²) in [4.78, 5) is 12.8. The van der Waals surface area contributed by atoms with E-state index in [1.807, 2.05) is 36.7 Å². The second-order valence-corrected chi connectivity index (χ2v) is 8.03. The van der Waals surface area contributed by atoms with E-state index in [9.17, 15) is 9.18 Å². The number of carbonyl (C=O) groups excluding carboxylic acids is 1. The standard InChI is InChI=1S/C23H27FN2O2/c1-16(2)28-23(27)22-14-21-20(26(22)15-17-6-4-3-5-7-17)12-13-25(21)19-10-8-18(24)9-11-19/h8-14,16-17H,3-7,15H2,1-2H3. The second kappa shape index (κ2) is 7.82. The Morgan fingerprint density at radius 1 is 1.11 bits per heavy atom. The molecule has 1 aliphatic carbocycles. The van der Waals surface area contributed by atoms with Gasteiger partial charge in [-0.3, -0.25) is 0 Å². The number of halogens is 1. The molecule has 0 bridgehead atoms. The number of fused-ring (bicyclic) bond motifs is 1. The van der Waals surface area contributed by atoms with Crippen LogP contribution in [0.25, 0.3) is 16.7 Å². The Balaban J connectivity index is 1.77. The van der Waals surface area contributed by atoms with Crippen LogP contribution in [0.4, 0.5) is 4.39 Å². The van der Waals surface area contributed by atoms with Gasteiger partial charge in [-0.1, -0.05) is 19.3 Å². The van der Waals surface area contributed by atoms with Crippen molar-refractivity contribution in [3.8, 4) is 5.69 Å². The van der Waals surface area contributed by atoms with Gasteiger partial charge in [-0.25, -0.2) is 9.18 Å². The molecule has 3 aromatic rings. The average molecular weight is 382 g/mol. The van der Waals surface area contributed by atoms with Gasteiger partial charge >= 0.3 is 5.97 Å². The van der Waals surface area contributed by atoms with Crippen LogP contribution in [0.15, 0.2) is 42.6 Å². The first-order valence-corrected chi connectivity index (χ1v) is 10.2. The molecule has 2 heterocycles. The summed E-state index contributed by atoms with van der Waals surface area (Å²) in [6.07, 6.45) is 8.06. The van der Waals surface area contributed by atoms with E-state index in [2.05, 4.69) is 4.57 Å². The van der Waals surface area contributed by atoms with Crippen molar-refractivity contribution in [1.82, 2.24) is 9.13 Å². The maximum atomic E-state index is 13.3. The van der Waals surface area contributed by atoms with E-state index >= 15 is 0 Å². The summed E-state index contributed by atoms with van der Waals surface area (Å²) in [5, 5.41) is 0. The number of hydrogen-bond donors (Lipinski definition) is 0. The fourth-order valence-electron chi connectivity index (χ4n) is 4.24. The summed E-state index contributed by atoms with van der Waals surface area (Å²) in [6, 6.07) is 10.3. The van der Waals surface area contributed by atoms with Gasteiger partial charge in [0.25, 0.3) is 0 Å². The summed E-state index contributed by atoms with van der Waals surface area (Å²) in [7, 11) is 0.